The molecule has 1 amide bonds. The number of pyridine rings is 1. The number of esters is 1. The zero-order valence-electron chi connectivity index (χ0n) is 35.5. The SMILES string of the molecule is O=C(NCCCOc1cccc(C(O)(C(=O)OCC2CCN(Cc3ccccc3)CC2)c2ccccc2)c1)c1ccc(CNC[C@H](O)c2ccc(O)c3[nH]c(=O)ccc23)c(C(F)(F)F)c1. The van der Waals surface area contributed by atoms with E-state index in [1.807, 2.05) is 18.2 Å². The van der Waals surface area contributed by atoms with Gasteiger partial charge in [-0.05, 0) is 96.9 Å². The molecule has 340 valence electrons. The third-order valence-corrected chi connectivity index (χ3v) is 11.6. The number of aliphatic hydroxyl groups is 2. The van der Waals surface area contributed by atoms with Crippen LogP contribution in [-0.2, 0) is 34.4 Å². The third kappa shape index (κ3) is 11.6. The van der Waals surface area contributed by atoms with Crippen molar-refractivity contribution >= 4 is 22.8 Å². The van der Waals surface area contributed by atoms with Crippen molar-refractivity contribution in [1.82, 2.24) is 20.5 Å². The zero-order valence-corrected chi connectivity index (χ0v) is 35.5. The maximum absolute atomic E-state index is 14.2. The quantitative estimate of drug-likeness (QED) is 0.0391. The van der Waals surface area contributed by atoms with Gasteiger partial charge in [0.05, 0.1) is 30.4 Å². The number of nitrogens with zero attached hydrogens (tertiary/aromatic N) is 1. The number of hydrogen-bond donors (Lipinski definition) is 6. The molecule has 2 atom stereocenters. The lowest BCUT2D eigenvalue weighted by Crippen LogP contribution is -2.40. The number of aromatic nitrogens is 1. The fourth-order valence-corrected chi connectivity index (χ4v) is 8.05. The summed E-state index contributed by atoms with van der Waals surface area (Å²) in [7, 11) is 0. The molecule has 65 heavy (non-hydrogen) atoms. The number of phenols is 1. The minimum atomic E-state index is -4.78. The molecule has 0 aliphatic carbocycles. The summed E-state index contributed by atoms with van der Waals surface area (Å²) in [4.78, 5) is 43.4. The maximum Gasteiger partial charge on any atom is 0.416 e. The van der Waals surface area contributed by atoms with Crippen LogP contribution in [0.4, 0.5) is 13.2 Å². The van der Waals surface area contributed by atoms with Gasteiger partial charge in [-0.25, -0.2) is 4.79 Å². The molecule has 1 fully saturated rings. The standard InChI is InChI=1S/C50H51F3N4O8/c51-50(52,53)42-27-35(15-16-36(42)29-54-30-44(59)40-17-19-43(58)46-41(40)18-20-45(60)56-46)47(61)55-23-8-26-64-39-14-7-13-38(28-39)49(63,37-11-5-2-6-12-37)48(62)65-32-34-21-24-57(25-22-34)31-33-9-3-1-4-10-33/h1-7,9-20,27-28,34,44,54,58-59,63H,8,21-26,29-32H2,(H,55,61)(H,56,60)/t44-,49?/m0/s1. The molecule has 0 radical (unpaired) electrons. The first-order valence-corrected chi connectivity index (χ1v) is 21.5. The fraction of sp³-hybridized carbons (Fsp3) is 0.300. The van der Waals surface area contributed by atoms with Crippen LogP contribution in [0, 0.1) is 5.92 Å². The van der Waals surface area contributed by atoms with Crippen LogP contribution in [-0.4, -0.2) is 76.5 Å². The molecule has 0 spiro atoms. The minimum absolute atomic E-state index is 0.0758. The first-order chi connectivity index (χ1) is 31.3. The Bertz CT molecular complexity index is 2620. The van der Waals surface area contributed by atoms with Crippen molar-refractivity contribution in [3.05, 3.63) is 177 Å². The number of amides is 1. The van der Waals surface area contributed by atoms with E-state index in [1.165, 1.54) is 42.0 Å². The number of halogens is 3. The van der Waals surface area contributed by atoms with Crippen molar-refractivity contribution in [3.63, 3.8) is 0 Å². The van der Waals surface area contributed by atoms with Gasteiger partial charge in [0.15, 0.2) is 0 Å². The molecule has 7 rings (SSSR count). The van der Waals surface area contributed by atoms with Crippen molar-refractivity contribution in [1.29, 1.82) is 0 Å². The molecule has 15 heteroatoms. The topological polar surface area (TPSA) is 173 Å². The Kier molecular flexibility index (Phi) is 15.0. The summed E-state index contributed by atoms with van der Waals surface area (Å²) in [5.41, 5.74) is -1.61. The number of benzene rings is 5. The number of rotatable bonds is 18. The smallest absolute Gasteiger partial charge is 0.416 e. The lowest BCUT2D eigenvalue weighted by Gasteiger charge is -2.33. The van der Waals surface area contributed by atoms with Crippen LogP contribution in [0.25, 0.3) is 10.9 Å². The van der Waals surface area contributed by atoms with Gasteiger partial charge >= 0.3 is 12.1 Å². The molecule has 2 heterocycles. The molecule has 12 nitrogen and oxygen atoms in total. The van der Waals surface area contributed by atoms with E-state index in [2.05, 4.69) is 32.7 Å². The lowest BCUT2D eigenvalue weighted by molar-refractivity contribution is -0.164. The van der Waals surface area contributed by atoms with E-state index < -0.39 is 40.9 Å². The highest BCUT2D eigenvalue weighted by molar-refractivity contribution is 5.94. The van der Waals surface area contributed by atoms with Crippen LogP contribution in [0.5, 0.6) is 11.5 Å². The van der Waals surface area contributed by atoms with Crippen LogP contribution in [0.1, 0.15) is 69.1 Å². The average molecular weight is 893 g/mol. The highest BCUT2D eigenvalue weighted by Crippen LogP contribution is 2.35. The van der Waals surface area contributed by atoms with Gasteiger partial charge in [0, 0.05) is 48.8 Å². The van der Waals surface area contributed by atoms with Gasteiger partial charge in [-0.1, -0.05) is 84.9 Å². The number of aliphatic hydroxyl groups excluding tert-OH is 1. The molecule has 0 bridgehead atoms. The van der Waals surface area contributed by atoms with Crippen LogP contribution in [0.3, 0.4) is 0 Å². The molecule has 5 aromatic carbocycles. The van der Waals surface area contributed by atoms with Gasteiger partial charge in [-0.3, -0.25) is 14.5 Å². The highest BCUT2D eigenvalue weighted by Gasteiger charge is 2.42. The number of carbonyl (C=O) groups excluding carboxylic acids is 2. The first kappa shape index (κ1) is 46.5. The minimum Gasteiger partial charge on any atom is -0.506 e. The first-order valence-electron chi connectivity index (χ1n) is 21.5. The molecule has 6 aromatic rings. The second-order valence-electron chi connectivity index (χ2n) is 16.2. The molecule has 1 unspecified atom stereocenters. The molecule has 0 saturated carbocycles. The van der Waals surface area contributed by atoms with Gasteiger partial charge in [-0.2, -0.15) is 13.2 Å². The highest BCUT2D eigenvalue weighted by atomic mass is 19.4. The van der Waals surface area contributed by atoms with Crippen molar-refractivity contribution < 1.29 is 47.6 Å². The van der Waals surface area contributed by atoms with E-state index in [1.54, 1.807) is 54.6 Å². The summed E-state index contributed by atoms with van der Waals surface area (Å²) in [5.74, 6) is -1.21. The normalized spacial score (nSPS) is 15.0. The van der Waals surface area contributed by atoms with Crippen LogP contribution >= 0.6 is 0 Å². The van der Waals surface area contributed by atoms with Crippen LogP contribution < -0.4 is 20.9 Å². The third-order valence-electron chi connectivity index (χ3n) is 11.6. The summed E-state index contributed by atoms with van der Waals surface area (Å²) >= 11 is 0. The van der Waals surface area contributed by atoms with Gasteiger partial charge in [0.2, 0.25) is 11.2 Å². The zero-order chi connectivity index (χ0) is 46.0. The average Bonchev–Trinajstić information content (AvgIpc) is 3.31. The lowest BCUT2D eigenvalue weighted by atomic mass is 9.86. The number of nitrogens with one attached hydrogen (secondary N) is 3. The second kappa shape index (κ2) is 21.0. The number of aromatic amines is 1. The molecule has 1 aliphatic rings. The Morgan fingerprint density at radius 2 is 1.58 bits per heavy atom. The van der Waals surface area contributed by atoms with Crippen LogP contribution in [0.15, 0.2) is 132 Å². The molecular weight excluding hydrogens is 842 g/mol. The number of carbonyl (C=O) groups is 2. The summed E-state index contributed by atoms with van der Waals surface area (Å²) in [6, 6.07) is 34.0. The van der Waals surface area contributed by atoms with Gasteiger partial charge in [0.25, 0.3) is 5.91 Å². The van der Waals surface area contributed by atoms with Gasteiger partial charge in [0.1, 0.15) is 11.5 Å². The van der Waals surface area contributed by atoms with E-state index in [9.17, 15) is 42.9 Å². The van der Waals surface area contributed by atoms with E-state index in [4.69, 9.17) is 9.47 Å². The Balaban J connectivity index is 0.904. The maximum atomic E-state index is 14.2. The molecule has 1 aromatic heterocycles. The van der Waals surface area contributed by atoms with E-state index in [0.29, 0.717) is 22.3 Å². The van der Waals surface area contributed by atoms with Gasteiger partial charge < -0.3 is 40.4 Å². The Morgan fingerprint density at radius 1 is 0.862 bits per heavy atom. The Labute approximate surface area is 373 Å². The molecule has 1 saturated heterocycles. The van der Waals surface area contributed by atoms with E-state index >= 15 is 0 Å². The number of fused-ring (bicyclic) bond motifs is 1. The number of alkyl halides is 3. The van der Waals surface area contributed by atoms with Crippen LogP contribution in [0.2, 0.25) is 0 Å². The largest absolute Gasteiger partial charge is 0.506 e. The number of piperidine rings is 1. The number of hydrogen-bond acceptors (Lipinski definition) is 10. The fourth-order valence-electron chi connectivity index (χ4n) is 8.05. The summed E-state index contributed by atoms with van der Waals surface area (Å²) in [6.07, 6.45) is -3.97. The Morgan fingerprint density at radius 3 is 2.32 bits per heavy atom. The monoisotopic (exact) mass is 892 g/mol. The number of phenolic OH excluding ortho intramolecular Hbond substituents is 1. The van der Waals surface area contributed by atoms with E-state index in [-0.39, 0.29) is 73.1 Å². The number of H-pyrrole nitrogens is 1. The molecular formula is C50H51F3N4O8. The van der Waals surface area contributed by atoms with Gasteiger partial charge in [-0.15, -0.1) is 0 Å². The van der Waals surface area contributed by atoms with Crippen molar-refractivity contribution in [2.45, 2.75) is 50.2 Å². The number of likely N-dealkylation sites (tertiary alicyclic amines) is 1. The molecule has 1 aliphatic heterocycles. The predicted molar refractivity (Wildman–Crippen MR) is 238 cm³/mol. The Hall–Kier alpha value is -6.52. The number of ether oxygens (including phenoxy) is 2. The van der Waals surface area contributed by atoms with E-state index in [0.717, 1.165) is 38.5 Å². The summed E-state index contributed by atoms with van der Waals surface area (Å²) in [5, 5.41) is 38.9. The van der Waals surface area contributed by atoms with Crippen molar-refractivity contribution in [2.75, 3.05) is 39.4 Å². The van der Waals surface area contributed by atoms with Crippen molar-refractivity contribution in [3.8, 4) is 11.5 Å². The number of aromatic hydroxyl groups is 1. The summed E-state index contributed by atoms with van der Waals surface area (Å²) in [6.45, 7) is 2.52. The molecule has 6 N–H and O–H groups in total. The summed E-state index contributed by atoms with van der Waals surface area (Å²) < 4.78 is 54.4. The predicted octanol–water partition coefficient (Wildman–Crippen LogP) is 6.97. The van der Waals surface area contributed by atoms with Crippen molar-refractivity contribution in [2.24, 2.45) is 5.92 Å². The second-order valence-corrected chi connectivity index (χ2v) is 16.2.